The summed E-state index contributed by atoms with van der Waals surface area (Å²) in [5.74, 6) is 0.734. The topological polar surface area (TPSA) is 24.1 Å². The van der Waals surface area contributed by atoms with E-state index in [1.165, 1.54) is 0 Å². The summed E-state index contributed by atoms with van der Waals surface area (Å²) in [5, 5.41) is 6.75. The first-order valence-electron chi connectivity index (χ1n) is 4.60. The van der Waals surface area contributed by atoms with E-state index >= 15 is 0 Å². The van der Waals surface area contributed by atoms with Gasteiger partial charge >= 0.3 is 0 Å². The Hall–Kier alpha value is -0.0800. The second-order valence-corrected chi connectivity index (χ2v) is 3.48. The minimum absolute atomic E-state index is 0.610. The summed E-state index contributed by atoms with van der Waals surface area (Å²) in [6, 6.07) is 0.610. The van der Waals surface area contributed by atoms with Gasteiger partial charge in [0.1, 0.15) is 0 Å². The van der Waals surface area contributed by atoms with Gasteiger partial charge in [-0.05, 0) is 25.6 Å². The summed E-state index contributed by atoms with van der Waals surface area (Å²) in [7, 11) is 0. The predicted octanol–water partition coefficient (Wildman–Crippen LogP) is 1.23. The van der Waals surface area contributed by atoms with Gasteiger partial charge in [0.05, 0.1) is 0 Å². The first-order chi connectivity index (χ1) is 5.16. The zero-order chi connectivity index (χ0) is 8.69. The molecule has 0 bridgehead atoms. The highest BCUT2D eigenvalue weighted by atomic mass is 14.9. The van der Waals surface area contributed by atoms with Crippen LogP contribution < -0.4 is 10.6 Å². The van der Waals surface area contributed by atoms with Gasteiger partial charge in [0.15, 0.2) is 0 Å². The van der Waals surface area contributed by atoms with Gasteiger partial charge in [0.25, 0.3) is 0 Å². The van der Waals surface area contributed by atoms with E-state index in [1.54, 1.807) is 0 Å². The maximum atomic E-state index is 3.41. The lowest BCUT2D eigenvalue weighted by molar-refractivity contribution is 0.454. The Labute approximate surface area is 70.8 Å². The summed E-state index contributed by atoms with van der Waals surface area (Å²) in [5.41, 5.74) is 0. The molecule has 2 nitrogen and oxygen atoms in total. The van der Waals surface area contributed by atoms with Gasteiger partial charge in [0, 0.05) is 6.04 Å². The van der Waals surface area contributed by atoms with Crippen LogP contribution in [0.25, 0.3) is 0 Å². The van der Waals surface area contributed by atoms with E-state index in [2.05, 4.69) is 38.3 Å². The molecule has 0 fully saturated rings. The average molecular weight is 158 g/mol. The van der Waals surface area contributed by atoms with E-state index in [0.717, 1.165) is 25.6 Å². The van der Waals surface area contributed by atoms with Crippen molar-refractivity contribution in [2.45, 2.75) is 33.7 Å². The second kappa shape index (κ2) is 6.62. The van der Waals surface area contributed by atoms with Gasteiger partial charge < -0.3 is 10.6 Å². The number of rotatable bonds is 6. The first-order valence-corrected chi connectivity index (χ1v) is 4.60. The third-order valence-electron chi connectivity index (χ3n) is 1.62. The molecule has 0 spiro atoms. The molecule has 2 N–H and O–H groups in total. The van der Waals surface area contributed by atoms with Crippen LogP contribution in [0.1, 0.15) is 27.7 Å². The highest BCUT2D eigenvalue weighted by molar-refractivity contribution is 4.61. The zero-order valence-corrected chi connectivity index (χ0v) is 8.28. The largest absolute Gasteiger partial charge is 0.317 e. The Kier molecular flexibility index (Phi) is 6.57. The molecule has 2 heteroatoms. The van der Waals surface area contributed by atoms with Gasteiger partial charge in [-0.15, -0.1) is 0 Å². The number of hydrogen-bond donors (Lipinski definition) is 2. The molecule has 68 valence electrons. The fourth-order valence-corrected chi connectivity index (χ4v) is 0.900. The van der Waals surface area contributed by atoms with Crippen molar-refractivity contribution < 1.29 is 0 Å². The maximum Gasteiger partial charge on any atom is 0.00105 e. The Balaban J connectivity index is 3.15. The molecule has 11 heavy (non-hydrogen) atoms. The average Bonchev–Trinajstić information content (AvgIpc) is 1.97. The van der Waals surface area contributed by atoms with Crippen LogP contribution in [0.2, 0.25) is 0 Å². The van der Waals surface area contributed by atoms with Gasteiger partial charge in [-0.3, -0.25) is 0 Å². The summed E-state index contributed by atoms with van der Waals surface area (Å²) in [6.07, 6.45) is 0. The molecule has 0 aliphatic carbocycles. The lowest BCUT2D eigenvalue weighted by Gasteiger charge is -2.14. The highest BCUT2D eigenvalue weighted by Crippen LogP contribution is 1.90. The van der Waals surface area contributed by atoms with Crippen LogP contribution in [0.15, 0.2) is 0 Å². The van der Waals surface area contributed by atoms with Crippen molar-refractivity contribution in [3.05, 3.63) is 0 Å². The van der Waals surface area contributed by atoms with Crippen molar-refractivity contribution in [3.8, 4) is 0 Å². The third kappa shape index (κ3) is 7.82. The smallest absolute Gasteiger partial charge is 0.00105 e. The summed E-state index contributed by atoms with van der Waals surface area (Å²) >= 11 is 0. The highest BCUT2D eigenvalue weighted by Gasteiger charge is 2.00. The number of hydrogen-bond acceptors (Lipinski definition) is 2. The molecule has 0 aromatic carbocycles. The van der Waals surface area contributed by atoms with E-state index < -0.39 is 0 Å². The van der Waals surface area contributed by atoms with Crippen LogP contribution in [-0.4, -0.2) is 25.7 Å². The van der Waals surface area contributed by atoms with E-state index in [0.29, 0.717) is 6.04 Å². The van der Waals surface area contributed by atoms with Gasteiger partial charge in [0.2, 0.25) is 0 Å². The molecule has 1 atom stereocenters. The molecule has 0 aliphatic heterocycles. The fraction of sp³-hybridized carbons (Fsp3) is 1.00. The monoisotopic (exact) mass is 158 g/mol. The van der Waals surface area contributed by atoms with Crippen LogP contribution in [-0.2, 0) is 0 Å². The van der Waals surface area contributed by atoms with Crippen molar-refractivity contribution in [1.82, 2.24) is 10.6 Å². The maximum absolute atomic E-state index is 3.41. The molecular formula is C9H22N2. The van der Waals surface area contributed by atoms with Crippen molar-refractivity contribution in [1.29, 1.82) is 0 Å². The van der Waals surface area contributed by atoms with Crippen LogP contribution >= 0.6 is 0 Å². The summed E-state index contributed by atoms with van der Waals surface area (Å²) in [6.45, 7) is 12.1. The van der Waals surface area contributed by atoms with E-state index in [9.17, 15) is 0 Å². The molecule has 0 aliphatic rings. The molecule has 0 rings (SSSR count). The van der Waals surface area contributed by atoms with Crippen LogP contribution in [0.5, 0.6) is 0 Å². The molecule has 0 aromatic rings. The van der Waals surface area contributed by atoms with Crippen LogP contribution in [0, 0.1) is 5.92 Å². The van der Waals surface area contributed by atoms with Crippen molar-refractivity contribution >= 4 is 0 Å². The third-order valence-corrected chi connectivity index (χ3v) is 1.62. The van der Waals surface area contributed by atoms with Crippen LogP contribution in [0.4, 0.5) is 0 Å². The lowest BCUT2D eigenvalue weighted by Crippen LogP contribution is -2.32. The fourth-order valence-electron chi connectivity index (χ4n) is 0.900. The lowest BCUT2D eigenvalue weighted by atomic mass is 10.1. The van der Waals surface area contributed by atoms with Crippen LogP contribution in [0.3, 0.4) is 0 Å². The van der Waals surface area contributed by atoms with E-state index in [-0.39, 0.29) is 0 Å². The zero-order valence-electron chi connectivity index (χ0n) is 8.28. The SMILES string of the molecule is CCNCC(C)CNC(C)C. The standard InChI is InChI=1S/C9H22N2/c1-5-10-6-9(4)7-11-8(2)3/h8-11H,5-7H2,1-4H3. The molecule has 0 amide bonds. The van der Waals surface area contributed by atoms with Crippen molar-refractivity contribution in [2.75, 3.05) is 19.6 Å². The Morgan fingerprint density at radius 2 is 1.73 bits per heavy atom. The quantitative estimate of drug-likeness (QED) is 0.607. The Bertz CT molecular complexity index is 81.6. The molecule has 0 heterocycles. The summed E-state index contributed by atoms with van der Waals surface area (Å²) < 4.78 is 0. The van der Waals surface area contributed by atoms with Gasteiger partial charge in [-0.1, -0.05) is 27.7 Å². The number of nitrogens with one attached hydrogen (secondary N) is 2. The van der Waals surface area contributed by atoms with Gasteiger partial charge in [-0.2, -0.15) is 0 Å². The first kappa shape index (κ1) is 10.9. The minimum Gasteiger partial charge on any atom is -0.317 e. The Morgan fingerprint density at radius 1 is 1.09 bits per heavy atom. The summed E-state index contributed by atoms with van der Waals surface area (Å²) in [4.78, 5) is 0. The van der Waals surface area contributed by atoms with E-state index in [4.69, 9.17) is 0 Å². The van der Waals surface area contributed by atoms with E-state index in [1.807, 2.05) is 0 Å². The Morgan fingerprint density at radius 3 is 2.18 bits per heavy atom. The minimum atomic E-state index is 0.610. The van der Waals surface area contributed by atoms with Crippen molar-refractivity contribution in [2.24, 2.45) is 5.92 Å². The predicted molar refractivity (Wildman–Crippen MR) is 50.8 cm³/mol. The molecule has 0 aromatic heterocycles. The van der Waals surface area contributed by atoms with Crippen molar-refractivity contribution in [3.63, 3.8) is 0 Å². The molecule has 0 radical (unpaired) electrons. The normalized spacial score (nSPS) is 13.9. The molecule has 0 saturated carbocycles. The second-order valence-electron chi connectivity index (χ2n) is 3.48. The molecule has 0 saturated heterocycles. The molecule has 1 unspecified atom stereocenters. The molecular weight excluding hydrogens is 136 g/mol. The van der Waals surface area contributed by atoms with Gasteiger partial charge in [-0.25, -0.2) is 0 Å².